The first kappa shape index (κ1) is 25.3. The zero-order valence-corrected chi connectivity index (χ0v) is 18.2. The number of likely N-dealkylation sites (tertiary alicyclic amines) is 1. The Hall–Kier alpha value is -2.98. The second-order valence-corrected chi connectivity index (χ2v) is 7.89. The highest BCUT2D eigenvalue weighted by Gasteiger charge is 2.38. The number of hydrogen-bond acceptors (Lipinski definition) is 6. The lowest BCUT2D eigenvalue weighted by atomic mass is 10.0. The molecule has 0 aromatic heterocycles. The number of carbonyl (C=O) groups is 4. The zero-order valence-electron chi connectivity index (χ0n) is 18.2. The van der Waals surface area contributed by atoms with Gasteiger partial charge in [-0.25, -0.2) is 4.79 Å². The van der Waals surface area contributed by atoms with E-state index < -0.39 is 35.9 Å². The molecule has 0 aliphatic carbocycles. The number of carbonyl (C=O) groups excluding carboxylic acids is 3. The summed E-state index contributed by atoms with van der Waals surface area (Å²) in [5.74, 6) is -2.48. The van der Waals surface area contributed by atoms with E-state index in [4.69, 9.17) is 11.5 Å². The van der Waals surface area contributed by atoms with Crippen LogP contribution in [0.4, 0.5) is 0 Å². The Morgan fingerprint density at radius 1 is 1.06 bits per heavy atom. The van der Waals surface area contributed by atoms with Gasteiger partial charge in [-0.15, -0.1) is 0 Å². The van der Waals surface area contributed by atoms with Crippen molar-refractivity contribution >= 4 is 23.7 Å². The lowest BCUT2D eigenvalue weighted by molar-refractivity contribution is -0.145. The van der Waals surface area contributed by atoms with Crippen LogP contribution in [-0.4, -0.2) is 71.5 Å². The summed E-state index contributed by atoms with van der Waals surface area (Å²) in [5, 5.41) is 14.6. The van der Waals surface area contributed by atoms with Crippen LogP contribution in [0.15, 0.2) is 30.3 Å². The molecule has 10 heteroatoms. The number of benzene rings is 1. The van der Waals surface area contributed by atoms with E-state index in [0.29, 0.717) is 38.8 Å². The lowest BCUT2D eigenvalue weighted by Crippen LogP contribution is -2.56. The highest BCUT2D eigenvalue weighted by molar-refractivity contribution is 5.94. The summed E-state index contributed by atoms with van der Waals surface area (Å²) in [6.45, 7) is 0.541. The van der Waals surface area contributed by atoms with Gasteiger partial charge in [0.15, 0.2) is 0 Å². The van der Waals surface area contributed by atoms with Gasteiger partial charge in [-0.3, -0.25) is 14.4 Å². The molecule has 3 unspecified atom stereocenters. The molecule has 0 radical (unpaired) electrons. The molecule has 32 heavy (non-hydrogen) atoms. The maximum Gasteiger partial charge on any atom is 0.326 e. The maximum absolute atomic E-state index is 13.3. The minimum atomic E-state index is -1.12. The molecule has 3 amide bonds. The lowest BCUT2D eigenvalue weighted by Gasteiger charge is -2.29. The van der Waals surface area contributed by atoms with Gasteiger partial charge < -0.3 is 32.1 Å². The van der Waals surface area contributed by atoms with Gasteiger partial charge >= 0.3 is 5.97 Å². The van der Waals surface area contributed by atoms with Crippen LogP contribution in [0, 0.1) is 0 Å². The number of carboxylic acids is 1. The molecule has 1 aliphatic rings. The van der Waals surface area contributed by atoms with E-state index in [1.165, 1.54) is 4.90 Å². The summed E-state index contributed by atoms with van der Waals surface area (Å²) in [6.07, 6.45) is 2.80. The van der Waals surface area contributed by atoms with Gasteiger partial charge in [0.2, 0.25) is 17.7 Å². The molecule has 2 rings (SSSR count). The van der Waals surface area contributed by atoms with E-state index in [1.54, 1.807) is 0 Å². The van der Waals surface area contributed by atoms with E-state index >= 15 is 0 Å². The summed E-state index contributed by atoms with van der Waals surface area (Å²) in [6, 6.07) is 6.53. The van der Waals surface area contributed by atoms with Crippen molar-refractivity contribution in [3.05, 3.63) is 35.9 Å². The Morgan fingerprint density at radius 3 is 2.41 bits per heavy atom. The molecule has 1 aliphatic heterocycles. The number of nitrogens with two attached hydrogens (primary N) is 2. The Bertz CT molecular complexity index is 788. The van der Waals surface area contributed by atoms with Crippen molar-refractivity contribution in [3.63, 3.8) is 0 Å². The molecule has 1 aromatic carbocycles. The number of hydrogen-bond donors (Lipinski definition) is 5. The van der Waals surface area contributed by atoms with Crippen LogP contribution in [0.2, 0.25) is 0 Å². The molecular weight excluding hydrogens is 414 g/mol. The minimum Gasteiger partial charge on any atom is -0.480 e. The number of amides is 3. The molecule has 3 atom stereocenters. The average Bonchev–Trinajstić information content (AvgIpc) is 3.28. The fourth-order valence-corrected chi connectivity index (χ4v) is 3.82. The van der Waals surface area contributed by atoms with Crippen LogP contribution in [0.1, 0.15) is 37.7 Å². The predicted molar refractivity (Wildman–Crippen MR) is 118 cm³/mol. The van der Waals surface area contributed by atoms with Crippen molar-refractivity contribution in [1.82, 2.24) is 15.5 Å². The maximum atomic E-state index is 13.3. The Kier molecular flexibility index (Phi) is 10.1. The first-order valence-corrected chi connectivity index (χ1v) is 10.9. The number of nitrogens with one attached hydrogen (secondary N) is 2. The van der Waals surface area contributed by atoms with Crippen molar-refractivity contribution in [3.8, 4) is 0 Å². The smallest absolute Gasteiger partial charge is 0.326 e. The normalized spacial score (nSPS) is 17.4. The van der Waals surface area contributed by atoms with Gasteiger partial charge in [-0.1, -0.05) is 30.3 Å². The Labute approximate surface area is 187 Å². The first-order valence-electron chi connectivity index (χ1n) is 10.9. The molecule has 0 bridgehead atoms. The molecule has 1 saturated heterocycles. The van der Waals surface area contributed by atoms with E-state index in [-0.39, 0.29) is 25.3 Å². The molecular formula is C22H33N5O5. The first-order chi connectivity index (χ1) is 15.4. The summed E-state index contributed by atoms with van der Waals surface area (Å²) in [4.78, 5) is 51.1. The highest BCUT2D eigenvalue weighted by atomic mass is 16.4. The average molecular weight is 448 g/mol. The second-order valence-electron chi connectivity index (χ2n) is 7.89. The van der Waals surface area contributed by atoms with Crippen LogP contribution < -0.4 is 22.1 Å². The number of rotatable bonds is 12. The quantitative estimate of drug-likeness (QED) is 0.266. The summed E-state index contributed by atoms with van der Waals surface area (Å²) in [7, 11) is 0. The predicted octanol–water partition coefficient (Wildman–Crippen LogP) is -0.638. The van der Waals surface area contributed by atoms with E-state index in [2.05, 4.69) is 10.6 Å². The monoisotopic (exact) mass is 447 g/mol. The van der Waals surface area contributed by atoms with Gasteiger partial charge in [-0.05, 0) is 44.2 Å². The van der Waals surface area contributed by atoms with Crippen LogP contribution in [0.5, 0.6) is 0 Å². The highest BCUT2D eigenvalue weighted by Crippen LogP contribution is 2.20. The van der Waals surface area contributed by atoms with Crippen LogP contribution in [-0.2, 0) is 25.6 Å². The van der Waals surface area contributed by atoms with Crippen molar-refractivity contribution in [1.29, 1.82) is 0 Å². The molecule has 0 spiro atoms. The SMILES string of the molecule is NCCCCC(NC(=O)C1CCCN1C(=O)C(Cc1ccccc1)NC(=O)CN)C(=O)O. The van der Waals surface area contributed by atoms with E-state index in [1.807, 2.05) is 30.3 Å². The van der Waals surface area contributed by atoms with Gasteiger partial charge in [0.25, 0.3) is 0 Å². The third-order valence-electron chi connectivity index (χ3n) is 5.50. The number of carboxylic acid groups (broad SMARTS) is 1. The van der Waals surface area contributed by atoms with Gasteiger partial charge in [-0.2, -0.15) is 0 Å². The fourth-order valence-electron chi connectivity index (χ4n) is 3.82. The van der Waals surface area contributed by atoms with Crippen molar-refractivity contribution in [2.45, 2.75) is 56.7 Å². The Morgan fingerprint density at radius 2 is 1.78 bits per heavy atom. The van der Waals surface area contributed by atoms with Crippen molar-refractivity contribution in [2.75, 3.05) is 19.6 Å². The minimum absolute atomic E-state index is 0.257. The Balaban J connectivity index is 2.11. The largest absolute Gasteiger partial charge is 0.480 e. The molecule has 0 saturated carbocycles. The van der Waals surface area contributed by atoms with Gasteiger partial charge in [0.1, 0.15) is 18.1 Å². The number of aliphatic carboxylic acids is 1. The molecule has 176 valence electrons. The molecule has 1 aromatic rings. The summed E-state index contributed by atoms with van der Waals surface area (Å²) in [5.41, 5.74) is 11.7. The van der Waals surface area contributed by atoms with Crippen molar-refractivity contribution in [2.24, 2.45) is 11.5 Å². The van der Waals surface area contributed by atoms with Crippen LogP contribution in [0.3, 0.4) is 0 Å². The molecule has 1 fully saturated rings. The molecule has 10 nitrogen and oxygen atoms in total. The topological polar surface area (TPSA) is 168 Å². The number of nitrogens with zero attached hydrogens (tertiary/aromatic N) is 1. The fraction of sp³-hybridized carbons (Fsp3) is 0.545. The van der Waals surface area contributed by atoms with Crippen molar-refractivity contribution < 1.29 is 24.3 Å². The van der Waals surface area contributed by atoms with Crippen LogP contribution in [0.25, 0.3) is 0 Å². The third-order valence-corrected chi connectivity index (χ3v) is 5.50. The second kappa shape index (κ2) is 12.8. The van der Waals surface area contributed by atoms with E-state index in [9.17, 15) is 24.3 Å². The molecule has 1 heterocycles. The summed E-state index contributed by atoms with van der Waals surface area (Å²) < 4.78 is 0. The van der Waals surface area contributed by atoms with Crippen LogP contribution >= 0.6 is 0 Å². The van der Waals surface area contributed by atoms with Gasteiger partial charge in [0, 0.05) is 13.0 Å². The molecule has 7 N–H and O–H groups in total. The standard InChI is InChI=1S/C22H33N5O5/c23-11-5-4-9-16(22(31)32)26-20(29)18-10-6-12-27(18)21(30)17(25-19(28)14-24)13-15-7-2-1-3-8-15/h1-3,7-8,16-18H,4-6,9-14,23-24H2,(H,25,28)(H,26,29)(H,31,32). The summed E-state index contributed by atoms with van der Waals surface area (Å²) >= 11 is 0. The third kappa shape index (κ3) is 7.31. The van der Waals surface area contributed by atoms with E-state index in [0.717, 1.165) is 5.56 Å². The number of unbranched alkanes of at least 4 members (excludes halogenated alkanes) is 1. The zero-order chi connectivity index (χ0) is 23.5. The van der Waals surface area contributed by atoms with Gasteiger partial charge in [0.05, 0.1) is 6.54 Å².